The first-order valence-electron chi connectivity index (χ1n) is 6.35. The standard InChI is InChI=1S/C15H24O/c1-5-6-12(4)15(11(2)3)13-7-9-14(16)10-8-13/h7-12,15-16H,5-6H2,1-4H3/t12-,15-/m1/s1. The topological polar surface area (TPSA) is 20.2 Å². The number of rotatable bonds is 5. The molecule has 2 atom stereocenters. The van der Waals surface area contributed by atoms with E-state index in [0.717, 1.165) is 0 Å². The molecule has 90 valence electrons. The van der Waals surface area contributed by atoms with Crippen molar-refractivity contribution in [3.05, 3.63) is 29.8 Å². The molecule has 1 heteroatoms. The molecule has 0 aromatic heterocycles. The van der Waals surface area contributed by atoms with Gasteiger partial charge in [-0.05, 0) is 35.4 Å². The first kappa shape index (κ1) is 13.1. The van der Waals surface area contributed by atoms with Crippen molar-refractivity contribution in [2.24, 2.45) is 11.8 Å². The fourth-order valence-electron chi connectivity index (χ4n) is 2.70. The highest BCUT2D eigenvalue weighted by Gasteiger charge is 2.21. The van der Waals surface area contributed by atoms with Crippen LogP contribution in [0.1, 0.15) is 52.0 Å². The number of benzene rings is 1. The van der Waals surface area contributed by atoms with Gasteiger partial charge in [0.05, 0.1) is 0 Å². The van der Waals surface area contributed by atoms with Crippen LogP contribution in [0.2, 0.25) is 0 Å². The third-order valence-electron chi connectivity index (χ3n) is 3.35. The lowest BCUT2D eigenvalue weighted by Crippen LogP contribution is -2.15. The summed E-state index contributed by atoms with van der Waals surface area (Å²) in [6.45, 7) is 9.14. The quantitative estimate of drug-likeness (QED) is 0.770. The van der Waals surface area contributed by atoms with Gasteiger partial charge in [0.25, 0.3) is 0 Å². The third-order valence-corrected chi connectivity index (χ3v) is 3.35. The first-order valence-corrected chi connectivity index (χ1v) is 6.35. The Morgan fingerprint density at radius 2 is 1.62 bits per heavy atom. The minimum atomic E-state index is 0.356. The van der Waals surface area contributed by atoms with Gasteiger partial charge in [0.2, 0.25) is 0 Å². The second-order valence-corrected chi connectivity index (χ2v) is 5.13. The largest absolute Gasteiger partial charge is 0.508 e. The van der Waals surface area contributed by atoms with E-state index in [1.807, 2.05) is 0 Å². The van der Waals surface area contributed by atoms with Crippen molar-refractivity contribution in [3.8, 4) is 5.75 Å². The molecule has 0 fully saturated rings. The van der Waals surface area contributed by atoms with Crippen LogP contribution in [0.25, 0.3) is 0 Å². The number of aromatic hydroxyl groups is 1. The molecule has 0 spiro atoms. The van der Waals surface area contributed by atoms with E-state index in [1.54, 1.807) is 12.1 Å². The molecule has 0 unspecified atom stereocenters. The van der Waals surface area contributed by atoms with Crippen molar-refractivity contribution < 1.29 is 5.11 Å². The van der Waals surface area contributed by atoms with Crippen molar-refractivity contribution in [3.63, 3.8) is 0 Å². The Bertz CT molecular complexity index is 300. The highest BCUT2D eigenvalue weighted by atomic mass is 16.3. The highest BCUT2D eigenvalue weighted by Crippen LogP contribution is 2.34. The van der Waals surface area contributed by atoms with Crippen molar-refractivity contribution in [2.75, 3.05) is 0 Å². The summed E-state index contributed by atoms with van der Waals surface area (Å²) in [4.78, 5) is 0. The van der Waals surface area contributed by atoms with Crippen molar-refractivity contribution in [2.45, 2.75) is 46.5 Å². The lowest BCUT2D eigenvalue weighted by atomic mass is 9.77. The van der Waals surface area contributed by atoms with Crippen LogP contribution >= 0.6 is 0 Å². The molecule has 1 aromatic carbocycles. The monoisotopic (exact) mass is 220 g/mol. The molecule has 0 aliphatic rings. The number of hydrogen-bond acceptors (Lipinski definition) is 1. The Hall–Kier alpha value is -0.980. The van der Waals surface area contributed by atoms with Gasteiger partial charge < -0.3 is 5.11 Å². The van der Waals surface area contributed by atoms with E-state index in [0.29, 0.717) is 23.5 Å². The number of phenols is 1. The van der Waals surface area contributed by atoms with Crippen LogP contribution in [0.15, 0.2) is 24.3 Å². The number of phenolic OH excluding ortho intramolecular Hbond substituents is 1. The summed E-state index contributed by atoms with van der Waals surface area (Å²) in [7, 11) is 0. The van der Waals surface area contributed by atoms with Crippen LogP contribution in [0.4, 0.5) is 0 Å². The zero-order chi connectivity index (χ0) is 12.1. The zero-order valence-electron chi connectivity index (χ0n) is 10.9. The summed E-state index contributed by atoms with van der Waals surface area (Å²) in [5, 5.41) is 9.32. The average Bonchev–Trinajstić information content (AvgIpc) is 2.21. The highest BCUT2D eigenvalue weighted by molar-refractivity contribution is 5.29. The molecule has 1 nitrogen and oxygen atoms in total. The van der Waals surface area contributed by atoms with E-state index in [2.05, 4.69) is 39.8 Å². The Morgan fingerprint density at radius 3 is 2.06 bits per heavy atom. The van der Waals surface area contributed by atoms with Gasteiger partial charge in [-0.2, -0.15) is 0 Å². The molecule has 1 rings (SSSR count). The van der Waals surface area contributed by atoms with Crippen molar-refractivity contribution in [1.82, 2.24) is 0 Å². The molecule has 0 saturated carbocycles. The summed E-state index contributed by atoms with van der Waals surface area (Å²) < 4.78 is 0. The summed E-state index contributed by atoms with van der Waals surface area (Å²) in [5.41, 5.74) is 1.36. The Morgan fingerprint density at radius 1 is 1.06 bits per heavy atom. The average molecular weight is 220 g/mol. The van der Waals surface area contributed by atoms with Crippen molar-refractivity contribution >= 4 is 0 Å². The molecule has 1 aromatic rings. The summed E-state index contributed by atoms with van der Waals surface area (Å²) in [5.74, 6) is 2.30. The first-order chi connectivity index (χ1) is 7.56. The van der Waals surface area contributed by atoms with Gasteiger partial charge in [0.1, 0.15) is 5.75 Å². The third kappa shape index (κ3) is 3.26. The number of hydrogen-bond donors (Lipinski definition) is 1. The van der Waals surface area contributed by atoms with E-state index in [9.17, 15) is 5.11 Å². The molecule has 0 heterocycles. The Balaban J connectivity index is 2.89. The van der Waals surface area contributed by atoms with Gasteiger partial charge >= 0.3 is 0 Å². The van der Waals surface area contributed by atoms with Gasteiger partial charge in [-0.15, -0.1) is 0 Å². The molecule has 0 saturated heterocycles. The summed E-state index contributed by atoms with van der Waals surface area (Å²) >= 11 is 0. The van der Waals surface area contributed by atoms with Gasteiger partial charge in [-0.3, -0.25) is 0 Å². The lowest BCUT2D eigenvalue weighted by Gasteiger charge is -2.28. The minimum absolute atomic E-state index is 0.356. The van der Waals surface area contributed by atoms with E-state index in [1.165, 1.54) is 18.4 Å². The maximum Gasteiger partial charge on any atom is 0.115 e. The molecule has 16 heavy (non-hydrogen) atoms. The smallest absolute Gasteiger partial charge is 0.115 e. The van der Waals surface area contributed by atoms with Crippen LogP contribution in [0.3, 0.4) is 0 Å². The minimum Gasteiger partial charge on any atom is -0.508 e. The molecular weight excluding hydrogens is 196 g/mol. The molecule has 0 bridgehead atoms. The Labute approximate surface area is 99.5 Å². The van der Waals surface area contributed by atoms with Crippen LogP contribution in [0, 0.1) is 11.8 Å². The molecular formula is C15H24O. The molecule has 0 amide bonds. The maximum absolute atomic E-state index is 9.32. The molecule has 1 N–H and O–H groups in total. The molecule has 0 aliphatic heterocycles. The predicted octanol–water partition coefficient (Wildman–Crippen LogP) is 4.57. The van der Waals surface area contributed by atoms with Gasteiger partial charge in [0, 0.05) is 0 Å². The maximum atomic E-state index is 9.32. The SMILES string of the molecule is CCC[C@@H](C)[C@H](c1ccc(O)cc1)C(C)C. The van der Waals surface area contributed by atoms with Gasteiger partial charge in [0.15, 0.2) is 0 Å². The van der Waals surface area contributed by atoms with E-state index >= 15 is 0 Å². The van der Waals surface area contributed by atoms with Gasteiger partial charge in [-0.1, -0.05) is 52.7 Å². The van der Waals surface area contributed by atoms with E-state index < -0.39 is 0 Å². The summed E-state index contributed by atoms with van der Waals surface area (Å²) in [6.07, 6.45) is 2.51. The summed E-state index contributed by atoms with van der Waals surface area (Å²) in [6, 6.07) is 7.71. The molecule has 0 aliphatic carbocycles. The van der Waals surface area contributed by atoms with Crippen LogP contribution in [0.5, 0.6) is 5.75 Å². The van der Waals surface area contributed by atoms with Gasteiger partial charge in [-0.25, -0.2) is 0 Å². The zero-order valence-corrected chi connectivity index (χ0v) is 10.9. The molecule has 0 radical (unpaired) electrons. The van der Waals surface area contributed by atoms with E-state index in [4.69, 9.17) is 0 Å². The van der Waals surface area contributed by atoms with Crippen LogP contribution < -0.4 is 0 Å². The lowest BCUT2D eigenvalue weighted by molar-refractivity contribution is 0.343. The predicted molar refractivity (Wildman–Crippen MR) is 69.8 cm³/mol. The Kier molecular flexibility index (Phi) is 4.85. The van der Waals surface area contributed by atoms with Crippen molar-refractivity contribution in [1.29, 1.82) is 0 Å². The second kappa shape index (κ2) is 5.93. The normalized spacial score (nSPS) is 15.1. The fraction of sp³-hybridized carbons (Fsp3) is 0.600. The van der Waals surface area contributed by atoms with E-state index in [-0.39, 0.29) is 0 Å². The second-order valence-electron chi connectivity index (χ2n) is 5.13. The van der Waals surface area contributed by atoms with Crippen LogP contribution in [-0.4, -0.2) is 5.11 Å². The van der Waals surface area contributed by atoms with Crippen LogP contribution in [-0.2, 0) is 0 Å². The fourth-order valence-corrected chi connectivity index (χ4v) is 2.70.